The summed E-state index contributed by atoms with van der Waals surface area (Å²) in [4.78, 5) is 0. The van der Waals surface area contributed by atoms with E-state index in [1.165, 1.54) is 0 Å². The van der Waals surface area contributed by atoms with Gasteiger partial charge >= 0.3 is 0 Å². The van der Waals surface area contributed by atoms with Crippen LogP contribution in [0.1, 0.15) is 11.1 Å². The normalized spacial score (nSPS) is 12.2. The Bertz CT molecular complexity index is 866. The van der Waals surface area contributed by atoms with Gasteiger partial charge in [-0.3, -0.25) is 0 Å². The molecule has 0 aliphatic carbocycles. The van der Waals surface area contributed by atoms with Crippen LogP contribution in [0, 0.1) is 0 Å². The molecule has 2 rings (SSSR count). The van der Waals surface area contributed by atoms with E-state index in [-0.39, 0.29) is 13.1 Å². The maximum absolute atomic E-state index is 12.0. The third kappa shape index (κ3) is 8.59. The van der Waals surface area contributed by atoms with Gasteiger partial charge in [0.1, 0.15) is 0 Å². The Kier molecular flexibility index (Phi) is 8.08. The number of halogens is 2. The first-order valence-corrected chi connectivity index (χ1v) is 12.1. The van der Waals surface area contributed by atoms with Gasteiger partial charge in [0.05, 0.1) is 0 Å². The van der Waals surface area contributed by atoms with Crippen molar-refractivity contribution in [2.75, 3.05) is 18.2 Å². The Morgan fingerprint density at radius 3 is 1.30 bits per heavy atom. The van der Waals surface area contributed by atoms with Crippen LogP contribution in [0.2, 0.25) is 10.0 Å². The number of nitrogens with one attached hydrogen (secondary N) is 2. The molecule has 0 aliphatic rings. The summed E-state index contributed by atoms with van der Waals surface area (Å²) in [6, 6.07) is 14.0. The van der Waals surface area contributed by atoms with Gasteiger partial charge in [0.25, 0.3) is 0 Å². The van der Waals surface area contributed by atoms with Gasteiger partial charge in [0, 0.05) is 23.1 Å². The van der Waals surface area contributed by atoms with E-state index < -0.39 is 25.1 Å². The molecule has 2 aromatic rings. The zero-order chi connectivity index (χ0) is 19.9. The highest BCUT2D eigenvalue weighted by Gasteiger charge is 2.21. The summed E-state index contributed by atoms with van der Waals surface area (Å²) in [7, 11) is -7.92. The molecule has 10 heteroatoms. The molecule has 2 aromatic carbocycles. The fraction of sp³-hybridized carbons (Fsp3) is 0.294. The molecule has 6 nitrogen and oxygen atoms in total. The first kappa shape index (κ1) is 22.1. The summed E-state index contributed by atoms with van der Waals surface area (Å²) < 4.78 is 52.6. The minimum absolute atomic E-state index is 0.101. The Labute approximate surface area is 170 Å². The molecule has 27 heavy (non-hydrogen) atoms. The number of rotatable bonds is 10. The SMILES string of the molecule is O=S(=O)(CS(=O)(=O)NCCc1ccc(Cl)cc1)NCCc1ccc(Cl)cc1. The van der Waals surface area contributed by atoms with Gasteiger partial charge in [-0.25, -0.2) is 26.3 Å². The minimum atomic E-state index is -3.96. The van der Waals surface area contributed by atoms with E-state index >= 15 is 0 Å². The van der Waals surface area contributed by atoms with E-state index in [1.54, 1.807) is 48.5 Å². The molecular weight excluding hydrogens is 431 g/mol. The van der Waals surface area contributed by atoms with Crippen molar-refractivity contribution in [3.8, 4) is 0 Å². The number of benzene rings is 2. The molecule has 0 bridgehead atoms. The Balaban J connectivity index is 1.78. The van der Waals surface area contributed by atoms with E-state index in [0.29, 0.717) is 22.9 Å². The molecule has 0 fully saturated rings. The van der Waals surface area contributed by atoms with E-state index in [9.17, 15) is 16.8 Å². The van der Waals surface area contributed by atoms with Gasteiger partial charge in [-0.1, -0.05) is 47.5 Å². The summed E-state index contributed by atoms with van der Waals surface area (Å²) in [5.41, 5.74) is 1.79. The predicted molar refractivity (Wildman–Crippen MR) is 109 cm³/mol. The molecule has 0 aromatic heterocycles. The molecule has 0 radical (unpaired) electrons. The third-order valence-corrected chi connectivity index (χ3v) is 7.88. The lowest BCUT2D eigenvalue weighted by Crippen LogP contribution is -2.37. The summed E-state index contributed by atoms with van der Waals surface area (Å²) in [6.07, 6.45) is 0.862. The van der Waals surface area contributed by atoms with Crippen LogP contribution < -0.4 is 9.44 Å². The average Bonchev–Trinajstić information content (AvgIpc) is 2.57. The number of sulfonamides is 2. The average molecular weight is 451 g/mol. The van der Waals surface area contributed by atoms with Crippen molar-refractivity contribution < 1.29 is 16.8 Å². The minimum Gasteiger partial charge on any atom is -0.214 e. The van der Waals surface area contributed by atoms with E-state index in [1.807, 2.05) is 0 Å². The van der Waals surface area contributed by atoms with Crippen molar-refractivity contribution >= 4 is 43.2 Å². The topological polar surface area (TPSA) is 92.3 Å². The summed E-state index contributed by atoms with van der Waals surface area (Å²) in [6.45, 7) is 0.203. The molecule has 148 valence electrons. The smallest absolute Gasteiger partial charge is 0.214 e. The number of hydrogen-bond donors (Lipinski definition) is 2. The summed E-state index contributed by atoms with van der Waals surface area (Å²) in [5, 5.41) is 0.173. The second-order valence-corrected chi connectivity index (χ2v) is 10.7. The molecule has 2 N–H and O–H groups in total. The lowest BCUT2D eigenvalue weighted by atomic mass is 10.2. The summed E-state index contributed by atoms with van der Waals surface area (Å²) >= 11 is 11.6. The Hall–Kier alpha value is -1.16. The second-order valence-electron chi connectivity index (χ2n) is 5.89. The van der Waals surface area contributed by atoms with Crippen molar-refractivity contribution in [1.29, 1.82) is 0 Å². The van der Waals surface area contributed by atoms with Crippen LogP contribution in [0.5, 0.6) is 0 Å². The Morgan fingerprint density at radius 2 is 0.963 bits per heavy atom. The molecule has 0 saturated carbocycles. The lowest BCUT2D eigenvalue weighted by molar-refractivity contribution is 0.573. The lowest BCUT2D eigenvalue weighted by Gasteiger charge is -2.09. The zero-order valence-corrected chi connectivity index (χ0v) is 17.5. The van der Waals surface area contributed by atoms with E-state index in [4.69, 9.17) is 23.2 Å². The quantitative estimate of drug-likeness (QED) is 0.581. The van der Waals surface area contributed by atoms with Crippen molar-refractivity contribution in [2.45, 2.75) is 12.8 Å². The van der Waals surface area contributed by atoms with Crippen molar-refractivity contribution in [3.63, 3.8) is 0 Å². The van der Waals surface area contributed by atoms with Crippen molar-refractivity contribution in [3.05, 3.63) is 69.7 Å². The van der Waals surface area contributed by atoms with E-state index in [0.717, 1.165) is 11.1 Å². The molecular formula is C17H20Cl2N2O4S2. The van der Waals surface area contributed by atoms with Gasteiger partial charge < -0.3 is 0 Å². The Morgan fingerprint density at radius 1 is 0.630 bits per heavy atom. The molecule has 0 saturated heterocycles. The van der Waals surface area contributed by atoms with Crippen LogP contribution in [0.25, 0.3) is 0 Å². The second kappa shape index (κ2) is 9.86. The fourth-order valence-electron chi connectivity index (χ4n) is 2.29. The monoisotopic (exact) mass is 450 g/mol. The fourth-order valence-corrected chi connectivity index (χ4v) is 5.67. The maximum atomic E-state index is 12.0. The largest absolute Gasteiger partial charge is 0.227 e. The first-order valence-electron chi connectivity index (χ1n) is 8.09. The van der Waals surface area contributed by atoms with Crippen LogP contribution in [-0.4, -0.2) is 35.0 Å². The van der Waals surface area contributed by atoms with Crippen LogP contribution in [0.3, 0.4) is 0 Å². The molecule has 0 aliphatic heterocycles. The van der Waals surface area contributed by atoms with Gasteiger partial charge in [-0.15, -0.1) is 0 Å². The van der Waals surface area contributed by atoms with Crippen LogP contribution in [0.4, 0.5) is 0 Å². The van der Waals surface area contributed by atoms with Gasteiger partial charge in [0.15, 0.2) is 5.08 Å². The highest BCUT2D eigenvalue weighted by molar-refractivity contribution is 8.06. The number of hydrogen-bond acceptors (Lipinski definition) is 4. The predicted octanol–water partition coefficient (Wildman–Crippen LogP) is 2.57. The standard InChI is InChI=1S/C17H20Cl2N2O4S2/c18-16-5-1-14(2-6-16)9-11-20-26(22,23)13-27(24,25)21-12-10-15-3-7-17(19)8-4-15/h1-8,20-21H,9-13H2. The van der Waals surface area contributed by atoms with E-state index in [2.05, 4.69) is 9.44 Å². The summed E-state index contributed by atoms with van der Waals surface area (Å²) in [5.74, 6) is 0. The first-order chi connectivity index (χ1) is 12.7. The van der Waals surface area contributed by atoms with Gasteiger partial charge in [-0.05, 0) is 48.2 Å². The zero-order valence-electron chi connectivity index (χ0n) is 14.4. The van der Waals surface area contributed by atoms with Crippen LogP contribution in [0.15, 0.2) is 48.5 Å². The maximum Gasteiger partial charge on any atom is 0.227 e. The molecule has 0 atom stereocenters. The van der Waals surface area contributed by atoms with Gasteiger partial charge in [-0.2, -0.15) is 0 Å². The van der Waals surface area contributed by atoms with Crippen molar-refractivity contribution in [1.82, 2.24) is 9.44 Å². The third-order valence-electron chi connectivity index (χ3n) is 3.61. The van der Waals surface area contributed by atoms with Gasteiger partial charge in [0.2, 0.25) is 20.0 Å². The molecule has 0 unspecified atom stereocenters. The van der Waals surface area contributed by atoms with Crippen LogP contribution >= 0.6 is 23.2 Å². The highest BCUT2D eigenvalue weighted by Crippen LogP contribution is 2.10. The molecule has 0 amide bonds. The molecule has 0 heterocycles. The van der Waals surface area contributed by atoms with Crippen molar-refractivity contribution in [2.24, 2.45) is 0 Å². The van der Waals surface area contributed by atoms with Crippen LogP contribution in [-0.2, 0) is 32.9 Å². The highest BCUT2D eigenvalue weighted by atomic mass is 35.5. The molecule has 0 spiro atoms.